The Kier molecular flexibility index (Phi) is 18.0. The molecule has 1 aliphatic carbocycles. The number of aryl methyl sites for hydroxylation is 1. The van der Waals surface area contributed by atoms with Gasteiger partial charge in [-0.25, -0.2) is 14.6 Å². The summed E-state index contributed by atoms with van der Waals surface area (Å²) in [6, 6.07) is 12.3. The SMILES string of the molecule is COC(=O)N[C@H](C(=O)N[C@@H](Cc1ccccc1)[C@H](CN(CC1CCCCC1)NC(=O)[C@@H](NC(=O)OC)C(C)C)OC(=O)CCc1ccccn1)C(C)C. The highest BCUT2D eigenvalue weighted by Gasteiger charge is 2.35. The molecule has 3 rings (SSSR count). The lowest BCUT2D eigenvalue weighted by molar-refractivity contribution is -0.154. The number of pyridine rings is 1. The maximum absolute atomic E-state index is 13.9. The molecule has 14 heteroatoms. The van der Waals surface area contributed by atoms with Gasteiger partial charge in [-0.3, -0.25) is 24.8 Å². The van der Waals surface area contributed by atoms with Crippen molar-refractivity contribution < 1.29 is 38.2 Å². The number of alkyl carbamates (subject to hydrolysis) is 2. The largest absolute Gasteiger partial charge is 0.459 e. The van der Waals surface area contributed by atoms with Crippen molar-refractivity contribution in [2.75, 3.05) is 27.3 Å². The molecule has 1 aliphatic rings. The van der Waals surface area contributed by atoms with E-state index in [0.717, 1.165) is 43.4 Å². The number of hydrazine groups is 1. The number of hydrogen-bond acceptors (Lipinski definition) is 10. The van der Waals surface area contributed by atoms with Gasteiger partial charge in [0.05, 0.1) is 33.2 Å². The van der Waals surface area contributed by atoms with Crippen LogP contribution in [0.4, 0.5) is 9.59 Å². The Morgan fingerprint density at radius 1 is 0.792 bits per heavy atom. The van der Waals surface area contributed by atoms with E-state index in [2.05, 4.69) is 26.4 Å². The van der Waals surface area contributed by atoms with E-state index in [0.29, 0.717) is 13.0 Å². The van der Waals surface area contributed by atoms with Gasteiger partial charge in [0.25, 0.3) is 5.91 Å². The number of esters is 1. The second-order valence-electron chi connectivity index (χ2n) is 14.3. The van der Waals surface area contributed by atoms with Gasteiger partial charge in [-0.05, 0) is 54.7 Å². The molecule has 0 radical (unpaired) electrons. The molecular formula is C39H58N6O8. The minimum absolute atomic E-state index is 0.0230. The third-order valence-corrected chi connectivity index (χ3v) is 9.36. The van der Waals surface area contributed by atoms with Crippen molar-refractivity contribution >= 4 is 30.0 Å². The number of benzene rings is 1. The van der Waals surface area contributed by atoms with Crippen molar-refractivity contribution in [3.05, 3.63) is 66.0 Å². The number of hydrogen-bond donors (Lipinski definition) is 4. The fourth-order valence-electron chi connectivity index (χ4n) is 6.40. The van der Waals surface area contributed by atoms with Crippen LogP contribution < -0.4 is 21.4 Å². The molecule has 0 spiro atoms. The number of ether oxygens (including phenoxy) is 3. The zero-order valence-electron chi connectivity index (χ0n) is 32.0. The number of rotatable bonds is 19. The quantitative estimate of drug-likeness (QED) is 0.0922. The molecule has 0 saturated heterocycles. The highest BCUT2D eigenvalue weighted by Crippen LogP contribution is 2.25. The van der Waals surface area contributed by atoms with Crippen LogP contribution in [0.25, 0.3) is 0 Å². The van der Waals surface area contributed by atoms with E-state index in [1.54, 1.807) is 31.1 Å². The maximum Gasteiger partial charge on any atom is 0.407 e. The van der Waals surface area contributed by atoms with Gasteiger partial charge in [-0.15, -0.1) is 0 Å². The van der Waals surface area contributed by atoms with E-state index in [1.807, 2.05) is 56.3 Å². The van der Waals surface area contributed by atoms with Crippen LogP contribution in [-0.4, -0.2) is 91.5 Å². The average molecular weight is 739 g/mol. The van der Waals surface area contributed by atoms with E-state index in [1.165, 1.54) is 14.2 Å². The molecule has 1 fully saturated rings. The Morgan fingerprint density at radius 2 is 1.40 bits per heavy atom. The number of aromatic nitrogens is 1. The summed E-state index contributed by atoms with van der Waals surface area (Å²) in [6.45, 7) is 7.72. The summed E-state index contributed by atoms with van der Waals surface area (Å²) in [5, 5.41) is 10.1. The maximum atomic E-state index is 13.9. The molecular weight excluding hydrogens is 680 g/mol. The number of amides is 4. The fourth-order valence-corrected chi connectivity index (χ4v) is 6.40. The molecule has 2 aromatic rings. The first-order valence-electron chi connectivity index (χ1n) is 18.6. The third-order valence-electron chi connectivity index (χ3n) is 9.36. The Morgan fingerprint density at radius 3 is 1.96 bits per heavy atom. The first-order valence-corrected chi connectivity index (χ1v) is 18.6. The number of methoxy groups -OCH3 is 2. The summed E-state index contributed by atoms with van der Waals surface area (Å²) in [5.74, 6) is -1.75. The van der Waals surface area contributed by atoms with Crippen molar-refractivity contribution in [3.63, 3.8) is 0 Å². The molecule has 4 amide bonds. The van der Waals surface area contributed by atoms with Crippen LogP contribution in [0.5, 0.6) is 0 Å². The van der Waals surface area contributed by atoms with E-state index < -0.39 is 54.2 Å². The van der Waals surface area contributed by atoms with Gasteiger partial charge in [0, 0.05) is 24.9 Å². The monoisotopic (exact) mass is 738 g/mol. The molecule has 1 aromatic carbocycles. The molecule has 14 nitrogen and oxygen atoms in total. The highest BCUT2D eigenvalue weighted by molar-refractivity contribution is 5.86. The average Bonchev–Trinajstić information content (AvgIpc) is 3.15. The van der Waals surface area contributed by atoms with E-state index in [9.17, 15) is 24.0 Å². The molecule has 4 atom stereocenters. The third kappa shape index (κ3) is 15.0. The number of carbonyl (C=O) groups is 5. The Hall–Kier alpha value is -4.72. The van der Waals surface area contributed by atoms with Gasteiger partial charge in [0.1, 0.15) is 18.2 Å². The Balaban J connectivity index is 2.02. The van der Waals surface area contributed by atoms with Crippen molar-refractivity contribution in [3.8, 4) is 0 Å². The summed E-state index contributed by atoms with van der Waals surface area (Å²) in [6.07, 6.45) is 5.07. The second-order valence-corrected chi connectivity index (χ2v) is 14.3. The van der Waals surface area contributed by atoms with Gasteiger partial charge >= 0.3 is 18.2 Å². The van der Waals surface area contributed by atoms with E-state index >= 15 is 0 Å². The molecule has 0 bridgehead atoms. The van der Waals surface area contributed by atoms with Gasteiger partial charge in [-0.2, -0.15) is 0 Å². The molecule has 53 heavy (non-hydrogen) atoms. The van der Waals surface area contributed by atoms with Crippen LogP contribution in [0.15, 0.2) is 54.7 Å². The smallest absolute Gasteiger partial charge is 0.407 e. The minimum Gasteiger partial charge on any atom is -0.459 e. The summed E-state index contributed by atoms with van der Waals surface area (Å²) < 4.78 is 15.8. The van der Waals surface area contributed by atoms with Gasteiger partial charge in [0.15, 0.2) is 0 Å². The first-order chi connectivity index (χ1) is 25.4. The predicted molar refractivity (Wildman–Crippen MR) is 199 cm³/mol. The number of nitrogens with zero attached hydrogens (tertiary/aromatic N) is 2. The second kappa shape index (κ2) is 22.4. The lowest BCUT2D eigenvalue weighted by Gasteiger charge is -2.36. The van der Waals surface area contributed by atoms with Crippen molar-refractivity contribution in [2.45, 2.75) is 103 Å². The summed E-state index contributed by atoms with van der Waals surface area (Å²) in [7, 11) is 2.46. The van der Waals surface area contributed by atoms with Crippen LogP contribution in [0.1, 0.15) is 77.5 Å². The molecule has 0 aliphatic heterocycles. The molecule has 1 saturated carbocycles. The molecule has 0 unspecified atom stereocenters. The molecule has 292 valence electrons. The molecule has 1 aromatic heterocycles. The molecule has 4 N–H and O–H groups in total. The molecule has 1 heterocycles. The van der Waals surface area contributed by atoms with Crippen molar-refractivity contribution in [1.82, 2.24) is 31.4 Å². The van der Waals surface area contributed by atoms with Crippen LogP contribution in [0, 0.1) is 17.8 Å². The van der Waals surface area contributed by atoms with E-state index in [-0.39, 0.29) is 37.1 Å². The first kappa shape index (κ1) is 42.7. The lowest BCUT2D eigenvalue weighted by Crippen LogP contribution is -2.60. The van der Waals surface area contributed by atoms with Gasteiger partial charge < -0.3 is 30.2 Å². The number of carbonyl (C=O) groups excluding carboxylic acids is 5. The Bertz CT molecular complexity index is 1440. The predicted octanol–water partition coefficient (Wildman–Crippen LogP) is 4.33. The lowest BCUT2D eigenvalue weighted by atomic mass is 9.89. The van der Waals surface area contributed by atoms with Gasteiger partial charge in [-0.1, -0.05) is 83.4 Å². The summed E-state index contributed by atoms with van der Waals surface area (Å²) in [5.41, 5.74) is 4.62. The Labute approximate surface area is 313 Å². The zero-order valence-corrected chi connectivity index (χ0v) is 32.0. The normalized spacial score (nSPS) is 15.5. The van der Waals surface area contributed by atoms with Crippen LogP contribution in [0.3, 0.4) is 0 Å². The topological polar surface area (TPSA) is 177 Å². The standard InChI is InChI=1S/C39H58N6O8/c1-26(2)34(42-38(49)51-5)36(47)41-31(23-28-15-9-7-10-16-28)32(53-33(46)21-20-30-19-13-14-22-40-30)25-45(24-29-17-11-8-12-18-29)44-37(48)35(27(3)4)43-39(50)52-6/h7,9-10,13-16,19,22,26-27,29,31-32,34-35H,8,11-12,17-18,20-21,23-25H2,1-6H3,(H,41,47)(H,42,49)(H,43,50)(H,44,48)/t31-,32-,34-,35-/m0/s1. The van der Waals surface area contributed by atoms with Crippen molar-refractivity contribution in [1.29, 1.82) is 0 Å². The van der Waals surface area contributed by atoms with Crippen molar-refractivity contribution in [2.24, 2.45) is 17.8 Å². The summed E-state index contributed by atoms with van der Waals surface area (Å²) in [4.78, 5) is 70.2. The minimum atomic E-state index is -0.962. The number of nitrogens with one attached hydrogen (secondary N) is 4. The van der Waals surface area contributed by atoms with Gasteiger partial charge in [0.2, 0.25) is 5.91 Å². The zero-order chi connectivity index (χ0) is 38.8. The highest BCUT2D eigenvalue weighted by atomic mass is 16.5. The van der Waals surface area contributed by atoms with Crippen LogP contribution >= 0.6 is 0 Å². The van der Waals surface area contributed by atoms with Crippen LogP contribution in [0.2, 0.25) is 0 Å². The van der Waals surface area contributed by atoms with Crippen LogP contribution in [-0.2, 0) is 41.4 Å². The fraction of sp³-hybridized carbons (Fsp3) is 0.590. The summed E-state index contributed by atoms with van der Waals surface area (Å²) >= 11 is 0. The van der Waals surface area contributed by atoms with E-state index in [4.69, 9.17) is 14.2 Å².